The molecule has 0 heterocycles. The highest BCUT2D eigenvalue weighted by atomic mass is 16.3. The van der Waals surface area contributed by atoms with E-state index in [9.17, 15) is 5.11 Å². The van der Waals surface area contributed by atoms with Crippen molar-refractivity contribution in [1.82, 2.24) is 0 Å². The summed E-state index contributed by atoms with van der Waals surface area (Å²) in [5.74, 6) is 0.279. The van der Waals surface area contributed by atoms with Crippen LogP contribution in [0.25, 0.3) is 0 Å². The first-order valence-corrected chi connectivity index (χ1v) is 5.06. The molecule has 0 aliphatic heterocycles. The highest BCUT2D eigenvalue weighted by molar-refractivity contribution is 5.26. The molecule has 76 valence electrons. The van der Waals surface area contributed by atoms with Gasteiger partial charge in [-0.05, 0) is 42.4 Å². The average Bonchev–Trinajstić information content (AvgIpc) is 2.89. The van der Waals surface area contributed by atoms with Crippen molar-refractivity contribution in [2.45, 2.75) is 32.3 Å². The molecule has 0 spiro atoms. The maximum atomic E-state index is 9.91. The van der Waals surface area contributed by atoms with Gasteiger partial charge in [-0.1, -0.05) is 19.1 Å². The van der Waals surface area contributed by atoms with Crippen LogP contribution >= 0.6 is 0 Å². The molecule has 14 heavy (non-hydrogen) atoms. The first-order chi connectivity index (χ1) is 6.60. The summed E-state index contributed by atoms with van der Waals surface area (Å²) in [6.07, 6.45) is 2.71. The van der Waals surface area contributed by atoms with Crippen LogP contribution in [0.4, 0.5) is 0 Å². The van der Waals surface area contributed by atoms with Crippen LogP contribution in [0.15, 0.2) is 24.3 Å². The Hall–Kier alpha value is -1.02. The Morgan fingerprint density at radius 1 is 1.29 bits per heavy atom. The highest BCUT2D eigenvalue weighted by Gasteiger charge is 2.43. The van der Waals surface area contributed by atoms with Crippen LogP contribution in [-0.2, 0) is 6.42 Å². The molecule has 0 aromatic heterocycles. The molecule has 2 heteroatoms. The summed E-state index contributed by atoms with van der Waals surface area (Å²) in [6.45, 7) is 2.12. The molecule has 1 unspecified atom stereocenters. The van der Waals surface area contributed by atoms with Gasteiger partial charge in [-0.3, -0.25) is 0 Å². The van der Waals surface area contributed by atoms with Gasteiger partial charge in [0.2, 0.25) is 0 Å². The molecule has 0 bridgehead atoms. The second kappa shape index (κ2) is 3.28. The number of aliphatic hydroxyl groups is 1. The van der Waals surface area contributed by atoms with Gasteiger partial charge in [0.15, 0.2) is 0 Å². The average molecular weight is 192 g/mol. The molecule has 1 fully saturated rings. The summed E-state index contributed by atoms with van der Waals surface area (Å²) in [5, 5.41) is 19.0. The molecule has 2 rings (SSSR count). The van der Waals surface area contributed by atoms with E-state index < -0.39 is 0 Å². The Kier molecular flexibility index (Phi) is 2.23. The molecule has 1 saturated carbocycles. The number of benzene rings is 1. The number of hydrogen-bond acceptors (Lipinski definition) is 2. The standard InChI is InChI=1S/C12H16O2/c1-12(6-7-12)11(14)8-9-2-4-10(13)5-3-9/h2-5,11,13-14H,6-8H2,1H3. The number of aliphatic hydroxyl groups excluding tert-OH is 1. The summed E-state index contributed by atoms with van der Waals surface area (Å²) >= 11 is 0. The molecule has 0 amide bonds. The van der Waals surface area contributed by atoms with Crippen LogP contribution in [0.1, 0.15) is 25.3 Å². The van der Waals surface area contributed by atoms with E-state index in [1.165, 1.54) is 0 Å². The minimum absolute atomic E-state index is 0.151. The van der Waals surface area contributed by atoms with E-state index in [0.29, 0.717) is 6.42 Å². The van der Waals surface area contributed by atoms with E-state index in [-0.39, 0.29) is 17.3 Å². The van der Waals surface area contributed by atoms with E-state index >= 15 is 0 Å². The van der Waals surface area contributed by atoms with Crippen molar-refractivity contribution in [1.29, 1.82) is 0 Å². The molecule has 1 aromatic carbocycles. The number of phenolic OH excluding ortho intramolecular Hbond substituents is 1. The minimum atomic E-state index is -0.243. The van der Waals surface area contributed by atoms with E-state index in [1.807, 2.05) is 12.1 Å². The van der Waals surface area contributed by atoms with Crippen molar-refractivity contribution < 1.29 is 10.2 Å². The summed E-state index contributed by atoms with van der Waals surface area (Å²) in [5.41, 5.74) is 1.24. The summed E-state index contributed by atoms with van der Waals surface area (Å²) < 4.78 is 0. The summed E-state index contributed by atoms with van der Waals surface area (Å²) in [4.78, 5) is 0. The fraction of sp³-hybridized carbons (Fsp3) is 0.500. The molecule has 1 aromatic rings. The molecule has 1 atom stereocenters. The number of rotatable bonds is 3. The first-order valence-electron chi connectivity index (χ1n) is 5.06. The Labute approximate surface area is 84.2 Å². The number of phenols is 1. The van der Waals surface area contributed by atoms with Gasteiger partial charge >= 0.3 is 0 Å². The molecule has 2 nitrogen and oxygen atoms in total. The lowest BCUT2D eigenvalue weighted by atomic mass is 9.95. The van der Waals surface area contributed by atoms with Crippen LogP contribution in [0.3, 0.4) is 0 Å². The van der Waals surface area contributed by atoms with Crippen LogP contribution in [0, 0.1) is 5.41 Å². The largest absolute Gasteiger partial charge is 0.508 e. The highest BCUT2D eigenvalue weighted by Crippen LogP contribution is 2.48. The lowest BCUT2D eigenvalue weighted by Crippen LogP contribution is -2.21. The second-order valence-corrected chi connectivity index (χ2v) is 4.54. The van der Waals surface area contributed by atoms with Crippen molar-refractivity contribution in [2.75, 3.05) is 0 Å². The predicted octanol–water partition coefficient (Wildman–Crippen LogP) is 2.10. The van der Waals surface area contributed by atoms with E-state index in [2.05, 4.69) is 6.92 Å². The van der Waals surface area contributed by atoms with Gasteiger partial charge < -0.3 is 10.2 Å². The van der Waals surface area contributed by atoms with Crippen LogP contribution < -0.4 is 0 Å². The van der Waals surface area contributed by atoms with Gasteiger partial charge in [0.25, 0.3) is 0 Å². The molecule has 0 saturated heterocycles. The SMILES string of the molecule is CC1(C(O)Cc2ccc(O)cc2)CC1. The third-order valence-electron chi connectivity index (χ3n) is 3.21. The Morgan fingerprint density at radius 3 is 2.36 bits per heavy atom. The normalized spacial score (nSPS) is 20.4. The van der Waals surface area contributed by atoms with Crippen molar-refractivity contribution in [2.24, 2.45) is 5.41 Å². The molecule has 0 radical (unpaired) electrons. The molecule has 1 aliphatic rings. The summed E-state index contributed by atoms with van der Waals surface area (Å²) in [6, 6.07) is 7.06. The van der Waals surface area contributed by atoms with E-state index in [1.54, 1.807) is 12.1 Å². The monoisotopic (exact) mass is 192 g/mol. The summed E-state index contributed by atoms with van der Waals surface area (Å²) in [7, 11) is 0. The van der Waals surface area contributed by atoms with Crippen molar-refractivity contribution in [3.63, 3.8) is 0 Å². The van der Waals surface area contributed by atoms with Crippen molar-refractivity contribution in [3.8, 4) is 5.75 Å². The lowest BCUT2D eigenvalue weighted by molar-refractivity contribution is 0.103. The Balaban J connectivity index is 2.00. The third-order valence-corrected chi connectivity index (χ3v) is 3.21. The first kappa shape index (κ1) is 9.53. The zero-order valence-corrected chi connectivity index (χ0v) is 8.40. The molecular weight excluding hydrogens is 176 g/mol. The van der Waals surface area contributed by atoms with Gasteiger partial charge in [0.1, 0.15) is 5.75 Å². The predicted molar refractivity (Wildman–Crippen MR) is 55.2 cm³/mol. The fourth-order valence-electron chi connectivity index (χ4n) is 1.63. The van der Waals surface area contributed by atoms with Crippen molar-refractivity contribution in [3.05, 3.63) is 29.8 Å². The van der Waals surface area contributed by atoms with Crippen LogP contribution in [0.2, 0.25) is 0 Å². The number of aromatic hydroxyl groups is 1. The van der Waals surface area contributed by atoms with E-state index in [0.717, 1.165) is 18.4 Å². The van der Waals surface area contributed by atoms with Gasteiger partial charge in [0.05, 0.1) is 6.10 Å². The number of hydrogen-bond donors (Lipinski definition) is 2. The van der Waals surface area contributed by atoms with Crippen LogP contribution in [-0.4, -0.2) is 16.3 Å². The molecule has 1 aliphatic carbocycles. The lowest BCUT2D eigenvalue weighted by Gasteiger charge is -2.17. The fourth-order valence-corrected chi connectivity index (χ4v) is 1.63. The zero-order chi connectivity index (χ0) is 10.2. The zero-order valence-electron chi connectivity index (χ0n) is 8.40. The van der Waals surface area contributed by atoms with Crippen molar-refractivity contribution >= 4 is 0 Å². The van der Waals surface area contributed by atoms with Gasteiger partial charge in [-0.15, -0.1) is 0 Å². The quantitative estimate of drug-likeness (QED) is 0.770. The molecular formula is C12H16O2. The third kappa shape index (κ3) is 1.90. The topological polar surface area (TPSA) is 40.5 Å². The van der Waals surface area contributed by atoms with Gasteiger partial charge in [-0.25, -0.2) is 0 Å². The Morgan fingerprint density at radius 2 is 1.86 bits per heavy atom. The van der Waals surface area contributed by atoms with E-state index in [4.69, 9.17) is 5.11 Å². The Bertz CT molecular complexity index is 312. The maximum Gasteiger partial charge on any atom is 0.115 e. The van der Waals surface area contributed by atoms with Gasteiger partial charge in [-0.2, -0.15) is 0 Å². The minimum Gasteiger partial charge on any atom is -0.508 e. The maximum absolute atomic E-state index is 9.91. The smallest absolute Gasteiger partial charge is 0.115 e. The molecule has 2 N–H and O–H groups in total. The van der Waals surface area contributed by atoms with Gasteiger partial charge in [0, 0.05) is 0 Å². The van der Waals surface area contributed by atoms with Crippen LogP contribution in [0.5, 0.6) is 5.75 Å². The second-order valence-electron chi connectivity index (χ2n) is 4.54.